The van der Waals surface area contributed by atoms with Gasteiger partial charge in [-0.2, -0.15) is 5.10 Å². The molecular weight excluding hydrogens is 276 g/mol. The van der Waals surface area contributed by atoms with E-state index in [9.17, 15) is 0 Å². The van der Waals surface area contributed by atoms with Gasteiger partial charge in [0.1, 0.15) is 0 Å². The number of nitrogens with zero attached hydrogens (tertiary/aromatic N) is 2. The number of aryl methyl sites for hydroxylation is 2. The van der Waals surface area contributed by atoms with Crippen LogP contribution in [0.4, 0.5) is 0 Å². The van der Waals surface area contributed by atoms with Crippen molar-refractivity contribution in [2.45, 2.75) is 24.1 Å². The highest BCUT2D eigenvalue weighted by Crippen LogP contribution is 2.26. The molecule has 0 spiro atoms. The molecule has 0 saturated heterocycles. The van der Waals surface area contributed by atoms with Crippen molar-refractivity contribution in [3.63, 3.8) is 0 Å². The molecule has 2 aromatic rings. The molecule has 0 aromatic carbocycles. The van der Waals surface area contributed by atoms with Gasteiger partial charge in [0, 0.05) is 24.1 Å². The molecule has 0 atom stereocenters. The average Bonchev–Trinajstić information content (AvgIpc) is 2.94. The molecule has 19 heavy (non-hydrogen) atoms. The largest absolute Gasteiger partial charge is 0.395 e. The van der Waals surface area contributed by atoms with Crippen molar-refractivity contribution in [2.24, 2.45) is 7.05 Å². The van der Waals surface area contributed by atoms with Gasteiger partial charge in [-0.25, -0.2) is 0 Å². The molecule has 0 radical (unpaired) electrons. The second-order valence-corrected chi connectivity index (χ2v) is 6.24. The molecular formula is C14H16N2OS2. The van der Waals surface area contributed by atoms with Gasteiger partial charge in [0.05, 0.1) is 22.2 Å². The number of hydrogen-bond acceptors (Lipinski definition) is 4. The Morgan fingerprint density at radius 3 is 3.00 bits per heavy atom. The summed E-state index contributed by atoms with van der Waals surface area (Å²) in [7, 11) is 1.97. The first-order valence-corrected chi connectivity index (χ1v) is 7.81. The number of thiophene rings is 1. The Labute approximate surface area is 121 Å². The smallest absolute Gasteiger partial charge is 0.0942 e. The third kappa shape index (κ3) is 4.13. The Hall–Kier alpha value is -1.22. The van der Waals surface area contributed by atoms with Crippen LogP contribution in [0.1, 0.15) is 21.9 Å². The highest BCUT2D eigenvalue weighted by atomic mass is 32.2. The molecule has 2 heterocycles. The maximum Gasteiger partial charge on any atom is 0.0942 e. The minimum absolute atomic E-state index is 0.126. The van der Waals surface area contributed by atoms with Gasteiger partial charge in [0.25, 0.3) is 0 Å². The zero-order chi connectivity index (χ0) is 13.7. The number of rotatable bonds is 4. The van der Waals surface area contributed by atoms with E-state index in [1.165, 1.54) is 9.90 Å². The average molecular weight is 292 g/mol. The molecule has 0 aliphatic heterocycles. The quantitative estimate of drug-likeness (QED) is 0.695. The summed E-state index contributed by atoms with van der Waals surface area (Å²) >= 11 is 3.49. The Balaban J connectivity index is 1.94. The fraction of sp³-hybridized carbons (Fsp3) is 0.357. The highest BCUT2D eigenvalue weighted by Gasteiger charge is 2.04. The molecule has 2 rings (SSSR count). The topological polar surface area (TPSA) is 38.0 Å². The summed E-state index contributed by atoms with van der Waals surface area (Å²) in [6.45, 7) is 2.13. The van der Waals surface area contributed by atoms with E-state index in [4.69, 9.17) is 5.11 Å². The molecule has 0 fully saturated rings. The summed E-state index contributed by atoms with van der Waals surface area (Å²) in [6.07, 6.45) is 0.538. The van der Waals surface area contributed by atoms with Gasteiger partial charge in [-0.1, -0.05) is 11.8 Å². The number of aromatic nitrogens is 2. The maximum atomic E-state index is 8.68. The summed E-state index contributed by atoms with van der Waals surface area (Å²) in [5, 5.41) is 14.2. The molecule has 0 aliphatic carbocycles. The van der Waals surface area contributed by atoms with Crippen molar-refractivity contribution in [3.05, 3.63) is 33.6 Å². The number of thioether (sulfide) groups is 1. The van der Waals surface area contributed by atoms with Gasteiger partial charge in [0.15, 0.2) is 0 Å². The van der Waals surface area contributed by atoms with E-state index in [-0.39, 0.29) is 6.61 Å². The van der Waals surface area contributed by atoms with Crippen LogP contribution >= 0.6 is 23.1 Å². The first-order chi connectivity index (χ1) is 9.19. The van der Waals surface area contributed by atoms with Gasteiger partial charge in [-0.15, -0.1) is 23.1 Å². The first-order valence-electron chi connectivity index (χ1n) is 6.01. The molecule has 2 aromatic heterocycles. The lowest BCUT2D eigenvalue weighted by atomic mass is 10.4. The van der Waals surface area contributed by atoms with Crippen LogP contribution in [0.3, 0.4) is 0 Å². The van der Waals surface area contributed by atoms with E-state index in [0.29, 0.717) is 6.42 Å². The molecule has 0 unspecified atom stereocenters. The molecule has 5 heteroatoms. The van der Waals surface area contributed by atoms with Crippen molar-refractivity contribution in [1.29, 1.82) is 0 Å². The van der Waals surface area contributed by atoms with E-state index in [1.807, 2.05) is 24.7 Å². The van der Waals surface area contributed by atoms with Gasteiger partial charge in [-0.3, -0.25) is 4.68 Å². The van der Waals surface area contributed by atoms with Gasteiger partial charge >= 0.3 is 0 Å². The zero-order valence-electron chi connectivity index (χ0n) is 11.0. The summed E-state index contributed by atoms with van der Waals surface area (Å²) in [6, 6.07) is 6.25. The van der Waals surface area contributed by atoms with E-state index >= 15 is 0 Å². The van der Waals surface area contributed by atoms with Crippen molar-refractivity contribution >= 4 is 23.1 Å². The van der Waals surface area contributed by atoms with Crippen molar-refractivity contribution < 1.29 is 5.11 Å². The van der Waals surface area contributed by atoms with Crippen LogP contribution in [0, 0.1) is 18.8 Å². The Morgan fingerprint density at radius 2 is 2.32 bits per heavy atom. The summed E-state index contributed by atoms with van der Waals surface area (Å²) in [5.74, 6) is 6.94. The minimum Gasteiger partial charge on any atom is -0.395 e. The van der Waals surface area contributed by atoms with E-state index < -0.39 is 0 Å². The number of aliphatic hydroxyl groups is 1. The van der Waals surface area contributed by atoms with Crippen LogP contribution in [0.5, 0.6) is 0 Å². The monoisotopic (exact) mass is 292 g/mol. The second-order valence-electron chi connectivity index (χ2n) is 4.08. The Bertz CT molecular complexity index is 604. The third-order valence-corrected chi connectivity index (χ3v) is 4.75. The molecule has 1 N–H and O–H groups in total. The van der Waals surface area contributed by atoms with Gasteiger partial charge < -0.3 is 5.11 Å². The standard InChI is InChI=1S/C14H16N2OS2/c1-11-9-14(16(2)15-11)18-10-13-7-6-12(19-13)5-3-4-8-17/h6-7,9,17H,4,8,10H2,1-2H3. The van der Waals surface area contributed by atoms with Crippen molar-refractivity contribution in [2.75, 3.05) is 6.61 Å². The molecule has 0 aliphatic rings. The van der Waals surface area contributed by atoms with Crippen LogP contribution in [0.2, 0.25) is 0 Å². The second kappa shape index (κ2) is 6.80. The third-order valence-electron chi connectivity index (χ3n) is 2.43. The molecule has 0 saturated carbocycles. The van der Waals surface area contributed by atoms with E-state index in [0.717, 1.165) is 16.3 Å². The predicted molar refractivity (Wildman–Crippen MR) is 80.4 cm³/mol. The number of aliphatic hydroxyl groups excluding tert-OH is 1. The molecule has 0 bridgehead atoms. The molecule has 0 amide bonds. The van der Waals surface area contributed by atoms with Crippen LogP contribution in [-0.2, 0) is 12.8 Å². The first kappa shape index (κ1) is 14.2. The van der Waals surface area contributed by atoms with E-state index in [1.54, 1.807) is 23.1 Å². The van der Waals surface area contributed by atoms with Crippen LogP contribution < -0.4 is 0 Å². The van der Waals surface area contributed by atoms with Crippen molar-refractivity contribution in [3.8, 4) is 11.8 Å². The van der Waals surface area contributed by atoms with Crippen LogP contribution in [-0.4, -0.2) is 21.5 Å². The normalized spacial score (nSPS) is 10.3. The fourth-order valence-corrected chi connectivity index (χ4v) is 3.55. The van der Waals surface area contributed by atoms with Gasteiger partial charge in [-0.05, 0) is 25.1 Å². The zero-order valence-corrected chi connectivity index (χ0v) is 12.6. The Morgan fingerprint density at radius 1 is 1.47 bits per heavy atom. The highest BCUT2D eigenvalue weighted by molar-refractivity contribution is 7.98. The van der Waals surface area contributed by atoms with Crippen LogP contribution in [0.15, 0.2) is 23.2 Å². The lowest BCUT2D eigenvalue weighted by Crippen LogP contribution is -1.92. The maximum absolute atomic E-state index is 8.68. The lowest BCUT2D eigenvalue weighted by molar-refractivity contribution is 0.305. The van der Waals surface area contributed by atoms with E-state index in [2.05, 4.69) is 29.1 Å². The summed E-state index contributed by atoms with van der Waals surface area (Å²) in [4.78, 5) is 2.36. The van der Waals surface area contributed by atoms with Crippen molar-refractivity contribution in [1.82, 2.24) is 9.78 Å². The van der Waals surface area contributed by atoms with Gasteiger partial charge in [0.2, 0.25) is 0 Å². The summed E-state index contributed by atoms with van der Waals surface area (Å²) < 4.78 is 1.91. The fourth-order valence-electron chi connectivity index (χ4n) is 1.60. The minimum atomic E-state index is 0.126. The molecule has 3 nitrogen and oxygen atoms in total. The Kier molecular flexibility index (Phi) is 5.08. The molecule has 100 valence electrons. The summed E-state index contributed by atoms with van der Waals surface area (Å²) in [5.41, 5.74) is 1.05. The SMILES string of the molecule is Cc1cc(SCc2ccc(C#CCCO)s2)n(C)n1. The lowest BCUT2D eigenvalue weighted by Gasteiger charge is -1.99. The number of hydrogen-bond donors (Lipinski definition) is 1. The van der Waals surface area contributed by atoms with Crippen LogP contribution in [0.25, 0.3) is 0 Å². The predicted octanol–water partition coefficient (Wildman–Crippen LogP) is 2.82.